The van der Waals surface area contributed by atoms with E-state index in [-0.39, 0.29) is 29.8 Å². The van der Waals surface area contributed by atoms with E-state index >= 15 is 0 Å². The van der Waals surface area contributed by atoms with Crippen LogP contribution in [0.2, 0.25) is 0 Å². The minimum Gasteiger partial charge on any atom is -0.467 e. The summed E-state index contributed by atoms with van der Waals surface area (Å²) in [7, 11) is -1.68. The Morgan fingerprint density at radius 1 is 1.36 bits per heavy atom. The van der Waals surface area contributed by atoms with Gasteiger partial charge in [-0.2, -0.15) is 0 Å². The summed E-state index contributed by atoms with van der Waals surface area (Å²) in [5.74, 6) is -0.467. The van der Waals surface area contributed by atoms with Gasteiger partial charge in [-0.25, -0.2) is 13.2 Å². The molecule has 0 aromatic rings. The molecule has 1 heterocycles. The lowest BCUT2D eigenvalue weighted by atomic mass is 9.60. The molecule has 14 heavy (non-hydrogen) atoms. The number of esters is 1. The molecule has 1 saturated heterocycles. The monoisotopic (exact) mass is 220 g/mol. The lowest BCUT2D eigenvalue weighted by Gasteiger charge is -2.55. The maximum atomic E-state index is 11.1. The number of carbonyl (C=O) groups is 1. The molecular weight excluding hydrogens is 208 g/mol. The summed E-state index contributed by atoms with van der Waals surface area (Å²) in [6, 6.07) is 0. The fourth-order valence-electron chi connectivity index (χ4n) is 2.62. The Morgan fingerprint density at radius 2 is 1.86 bits per heavy atom. The van der Waals surface area contributed by atoms with Gasteiger partial charge in [0, 0.05) is 5.41 Å². The second-order valence-corrected chi connectivity index (χ2v) is 6.47. The average molecular weight is 220 g/mol. The molecule has 5 nitrogen and oxygen atoms in total. The van der Waals surface area contributed by atoms with Gasteiger partial charge in [-0.05, 0) is 12.8 Å². The number of methoxy groups -OCH3 is 1. The van der Waals surface area contributed by atoms with Crippen molar-refractivity contribution in [3.05, 3.63) is 0 Å². The molecule has 0 aromatic heterocycles. The first-order valence-electron chi connectivity index (χ1n) is 4.32. The van der Waals surface area contributed by atoms with Crippen LogP contribution in [-0.4, -0.2) is 43.7 Å². The lowest BCUT2D eigenvalue weighted by Crippen LogP contribution is -2.66. The summed E-state index contributed by atoms with van der Waals surface area (Å²) < 4.78 is 26.3. The molecule has 0 bridgehead atoms. The summed E-state index contributed by atoms with van der Waals surface area (Å²) in [5, 5.41) is 9.68. The third kappa shape index (κ3) is 1.25. The van der Waals surface area contributed by atoms with Crippen LogP contribution in [0, 0.1) is 5.41 Å². The zero-order chi connectivity index (χ0) is 10.6. The summed E-state index contributed by atoms with van der Waals surface area (Å²) in [6.07, 6.45) is 0.428. The fraction of sp³-hybridized carbons (Fsp3) is 0.875. The van der Waals surface area contributed by atoms with E-state index < -0.39 is 21.4 Å². The van der Waals surface area contributed by atoms with Crippen LogP contribution in [0.1, 0.15) is 12.8 Å². The number of carbonyl (C=O) groups excluding carboxylic acids is 1. The third-order valence-corrected chi connectivity index (χ3v) is 5.06. The quantitative estimate of drug-likeness (QED) is 0.579. The van der Waals surface area contributed by atoms with Crippen molar-refractivity contribution in [2.24, 2.45) is 5.41 Å². The Labute approximate surface area is 82.0 Å². The molecule has 1 aliphatic carbocycles. The van der Waals surface area contributed by atoms with E-state index in [4.69, 9.17) is 0 Å². The van der Waals surface area contributed by atoms with E-state index in [1.165, 1.54) is 7.11 Å². The zero-order valence-electron chi connectivity index (χ0n) is 7.82. The number of aliphatic hydroxyl groups is 1. The van der Waals surface area contributed by atoms with E-state index in [2.05, 4.69) is 4.74 Å². The van der Waals surface area contributed by atoms with Crippen LogP contribution in [-0.2, 0) is 19.4 Å². The maximum absolute atomic E-state index is 11.1. The van der Waals surface area contributed by atoms with E-state index in [0.717, 1.165) is 0 Å². The highest BCUT2D eigenvalue weighted by Gasteiger charge is 2.65. The van der Waals surface area contributed by atoms with Crippen molar-refractivity contribution >= 4 is 15.8 Å². The number of hydrogen-bond donors (Lipinski definition) is 1. The average Bonchev–Trinajstić information content (AvgIpc) is 1.96. The van der Waals surface area contributed by atoms with E-state index in [0.29, 0.717) is 0 Å². The minimum absolute atomic E-state index is 0.0965. The van der Waals surface area contributed by atoms with Crippen molar-refractivity contribution < 1.29 is 23.1 Å². The van der Waals surface area contributed by atoms with Gasteiger partial charge in [0.2, 0.25) is 0 Å². The molecule has 6 heteroatoms. The smallest absolute Gasteiger partial charge is 0.337 e. The largest absolute Gasteiger partial charge is 0.467 e. The Morgan fingerprint density at radius 3 is 2.21 bits per heavy atom. The van der Waals surface area contributed by atoms with Gasteiger partial charge in [-0.1, -0.05) is 0 Å². The molecule has 0 atom stereocenters. The molecule has 1 saturated carbocycles. The molecule has 0 amide bonds. The molecule has 80 valence electrons. The van der Waals surface area contributed by atoms with Gasteiger partial charge >= 0.3 is 5.97 Å². The topological polar surface area (TPSA) is 80.7 Å². The number of hydrogen-bond acceptors (Lipinski definition) is 5. The van der Waals surface area contributed by atoms with Crippen LogP contribution < -0.4 is 0 Å². The van der Waals surface area contributed by atoms with Gasteiger partial charge in [-0.3, -0.25) is 0 Å². The standard InChI is InChI=1S/C8H12O5S/c1-13-6(9)8(10)2-7(3-8)4-14(11,12)5-7/h10H,2-5H2,1H3. The second kappa shape index (κ2) is 2.49. The van der Waals surface area contributed by atoms with Crippen molar-refractivity contribution in [1.29, 1.82) is 0 Å². The number of sulfone groups is 1. The molecule has 2 rings (SSSR count). The van der Waals surface area contributed by atoms with Crippen molar-refractivity contribution in [1.82, 2.24) is 0 Å². The Balaban J connectivity index is 2.01. The van der Waals surface area contributed by atoms with Crippen LogP contribution in [0.25, 0.3) is 0 Å². The predicted octanol–water partition coefficient (Wildman–Crippen LogP) is -0.901. The molecule has 0 unspecified atom stereocenters. The SMILES string of the molecule is COC(=O)C1(O)CC2(C1)CS(=O)(=O)C2. The van der Waals surface area contributed by atoms with E-state index in [1.807, 2.05) is 0 Å². The van der Waals surface area contributed by atoms with Gasteiger partial charge in [0.25, 0.3) is 0 Å². The number of rotatable bonds is 1. The Kier molecular flexibility index (Phi) is 1.76. The Bertz CT molecular complexity index is 363. The highest BCUT2D eigenvalue weighted by Crippen LogP contribution is 2.55. The van der Waals surface area contributed by atoms with Gasteiger partial charge in [-0.15, -0.1) is 0 Å². The molecule has 0 radical (unpaired) electrons. The number of ether oxygens (including phenoxy) is 1. The summed E-state index contributed by atoms with van der Waals surface area (Å²) in [4.78, 5) is 11.1. The first-order valence-corrected chi connectivity index (χ1v) is 6.14. The van der Waals surface area contributed by atoms with Crippen LogP contribution in [0.3, 0.4) is 0 Å². The molecule has 1 aliphatic heterocycles. The molecule has 2 fully saturated rings. The zero-order valence-corrected chi connectivity index (χ0v) is 8.63. The van der Waals surface area contributed by atoms with Crippen LogP contribution in [0.5, 0.6) is 0 Å². The van der Waals surface area contributed by atoms with Gasteiger partial charge < -0.3 is 9.84 Å². The van der Waals surface area contributed by atoms with Crippen LogP contribution in [0.15, 0.2) is 0 Å². The molecule has 1 N–H and O–H groups in total. The Hall–Kier alpha value is -0.620. The normalized spacial score (nSPS) is 30.1. The van der Waals surface area contributed by atoms with Crippen molar-refractivity contribution in [3.8, 4) is 0 Å². The van der Waals surface area contributed by atoms with E-state index in [9.17, 15) is 18.3 Å². The summed E-state index contributed by atoms with van der Waals surface area (Å²) in [5.41, 5.74) is -1.79. The maximum Gasteiger partial charge on any atom is 0.337 e. The lowest BCUT2D eigenvalue weighted by molar-refractivity contribution is -0.187. The highest BCUT2D eigenvalue weighted by atomic mass is 32.2. The molecule has 0 aromatic carbocycles. The van der Waals surface area contributed by atoms with Gasteiger partial charge in [0.1, 0.15) is 0 Å². The fourth-order valence-corrected chi connectivity index (χ4v) is 4.81. The summed E-state index contributed by atoms with van der Waals surface area (Å²) in [6.45, 7) is 0. The first kappa shape index (κ1) is 9.92. The van der Waals surface area contributed by atoms with Crippen molar-refractivity contribution in [2.45, 2.75) is 18.4 Å². The summed E-state index contributed by atoms with van der Waals surface area (Å²) >= 11 is 0. The first-order chi connectivity index (χ1) is 6.31. The van der Waals surface area contributed by atoms with Crippen LogP contribution in [0.4, 0.5) is 0 Å². The molecule has 2 aliphatic rings. The second-order valence-electron chi connectivity index (χ2n) is 4.41. The van der Waals surface area contributed by atoms with Gasteiger partial charge in [0.05, 0.1) is 18.6 Å². The van der Waals surface area contributed by atoms with Crippen molar-refractivity contribution in [2.75, 3.05) is 18.6 Å². The highest BCUT2D eigenvalue weighted by molar-refractivity contribution is 7.92. The predicted molar refractivity (Wildman–Crippen MR) is 47.3 cm³/mol. The van der Waals surface area contributed by atoms with Crippen molar-refractivity contribution in [3.63, 3.8) is 0 Å². The minimum atomic E-state index is -2.90. The molecule has 1 spiro atoms. The third-order valence-electron chi connectivity index (χ3n) is 2.95. The molecular formula is C8H12O5S. The van der Waals surface area contributed by atoms with Crippen LogP contribution >= 0.6 is 0 Å². The van der Waals surface area contributed by atoms with E-state index in [1.54, 1.807) is 0 Å². The van der Waals surface area contributed by atoms with Gasteiger partial charge in [0.15, 0.2) is 15.4 Å².